The first kappa shape index (κ1) is 14.7. The second-order valence-corrected chi connectivity index (χ2v) is 6.24. The van der Waals surface area contributed by atoms with Crippen LogP contribution in [-0.2, 0) is 6.54 Å². The Kier molecular flexibility index (Phi) is 4.79. The van der Waals surface area contributed by atoms with E-state index in [1.54, 1.807) is 4.57 Å². The van der Waals surface area contributed by atoms with Crippen molar-refractivity contribution in [2.45, 2.75) is 52.1 Å². The van der Waals surface area contributed by atoms with E-state index >= 15 is 0 Å². The van der Waals surface area contributed by atoms with Crippen molar-refractivity contribution in [2.24, 2.45) is 0 Å². The minimum absolute atomic E-state index is 0.128. The van der Waals surface area contributed by atoms with Gasteiger partial charge in [0, 0.05) is 18.3 Å². The van der Waals surface area contributed by atoms with Crippen molar-refractivity contribution in [2.75, 3.05) is 13.6 Å². The topological polar surface area (TPSA) is 38.1 Å². The number of aryl methyl sites for hydroxylation is 1. The number of likely N-dealkylation sites (tertiary alicyclic amines) is 1. The van der Waals surface area contributed by atoms with E-state index in [0.717, 1.165) is 28.8 Å². The smallest absolute Gasteiger partial charge is 0.303 e. The predicted octanol–water partition coefficient (Wildman–Crippen LogP) is 2.50. The molecule has 0 bridgehead atoms. The lowest BCUT2D eigenvalue weighted by Crippen LogP contribution is -2.38. The molecule has 0 spiro atoms. The van der Waals surface area contributed by atoms with E-state index in [1.807, 2.05) is 13.8 Å². The fourth-order valence-electron chi connectivity index (χ4n) is 2.83. The summed E-state index contributed by atoms with van der Waals surface area (Å²) in [4.78, 5) is 18.5. The highest BCUT2D eigenvalue weighted by atomic mass is 79.9. The number of halogens is 1. The Hall–Kier alpha value is -0.680. The van der Waals surface area contributed by atoms with E-state index in [1.165, 1.54) is 25.8 Å². The molecule has 4 nitrogen and oxygen atoms in total. The van der Waals surface area contributed by atoms with Crippen molar-refractivity contribution in [3.8, 4) is 0 Å². The molecule has 1 aliphatic heterocycles. The van der Waals surface area contributed by atoms with Crippen molar-refractivity contribution >= 4 is 15.9 Å². The Morgan fingerprint density at radius 3 is 2.79 bits per heavy atom. The first-order valence-electron chi connectivity index (χ1n) is 6.94. The summed E-state index contributed by atoms with van der Waals surface area (Å²) in [6, 6.07) is 0.597. The molecule has 2 rings (SSSR count). The van der Waals surface area contributed by atoms with Gasteiger partial charge in [-0.2, -0.15) is 4.98 Å². The highest BCUT2D eigenvalue weighted by Crippen LogP contribution is 2.20. The molecule has 1 aromatic heterocycles. The van der Waals surface area contributed by atoms with Gasteiger partial charge in [-0.1, -0.05) is 6.42 Å². The third-order valence-corrected chi connectivity index (χ3v) is 5.29. The minimum atomic E-state index is -0.128. The van der Waals surface area contributed by atoms with Gasteiger partial charge in [-0.25, -0.2) is 4.79 Å². The van der Waals surface area contributed by atoms with Crippen molar-refractivity contribution < 1.29 is 0 Å². The molecule has 0 saturated carbocycles. The van der Waals surface area contributed by atoms with Crippen molar-refractivity contribution in [3.05, 3.63) is 26.3 Å². The van der Waals surface area contributed by atoms with Crippen LogP contribution < -0.4 is 5.69 Å². The zero-order valence-electron chi connectivity index (χ0n) is 11.9. The molecule has 1 atom stereocenters. The molecular weight excluding hydrogens is 306 g/mol. The monoisotopic (exact) mass is 327 g/mol. The van der Waals surface area contributed by atoms with Crippen LogP contribution in [0.15, 0.2) is 9.27 Å². The first-order valence-corrected chi connectivity index (χ1v) is 7.73. The lowest BCUT2D eigenvalue weighted by atomic mass is 10.00. The van der Waals surface area contributed by atoms with Crippen LogP contribution in [-0.4, -0.2) is 34.1 Å². The van der Waals surface area contributed by atoms with Crippen molar-refractivity contribution in [1.82, 2.24) is 14.5 Å². The summed E-state index contributed by atoms with van der Waals surface area (Å²) in [5, 5.41) is 0. The Morgan fingerprint density at radius 1 is 1.37 bits per heavy atom. The fourth-order valence-corrected chi connectivity index (χ4v) is 3.13. The van der Waals surface area contributed by atoms with Gasteiger partial charge in [0.25, 0.3) is 0 Å². The lowest BCUT2D eigenvalue weighted by Gasteiger charge is -2.32. The van der Waals surface area contributed by atoms with Crippen LogP contribution in [0.4, 0.5) is 0 Å². The van der Waals surface area contributed by atoms with Gasteiger partial charge < -0.3 is 4.90 Å². The first-order chi connectivity index (χ1) is 9.00. The third kappa shape index (κ3) is 3.26. The maximum atomic E-state index is 12.0. The van der Waals surface area contributed by atoms with E-state index in [9.17, 15) is 4.79 Å². The molecule has 1 fully saturated rings. The second-order valence-electron chi connectivity index (χ2n) is 5.45. The van der Waals surface area contributed by atoms with E-state index in [4.69, 9.17) is 0 Å². The molecule has 0 aromatic carbocycles. The summed E-state index contributed by atoms with van der Waals surface area (Å²) in [5.41, 5.74) is 1.63. The highest BCUT2D eigenvalue weighted by molar-refractivity contribution is 9.10. The Balaban J connectivity index is 2.11. The zero-order valence-corrected chi connectivity index (χ0v) is 13.5. The van der Waals surface area contributed by atoms with Crippen LogP contribution in [0, 0.1) is 13.8 Å². The van der Waals surface area contributed by atoms with Gasteiger partial charge in [0.2, 0.25) is 0 Å². The van der Waals surface area contributed by atoms with Crippen LogP contribution in [0.5, 0.6) is 0 Å². The predicted molar refractivity (Wildman–Crippen MR) is 80.6 cm³/mol. The molecule has 1 aliphatic rings. The van der Waals surface area contributed by atoms with Crippen LogP contribution in [0.3, 0.4) is 0 Å². The summed E-state index contributed by atoms with van der Waals surface area (Å²) in [6.45, 7) is 5.77. The summed E-state index contributed by atoms with van der Waals surface area (Å²) in [6.07, 6.45) is 4.86. The van der Waals surface area contributed by atoms with Crippen molar-refractivity contribution in [3.63, 3.8) is 0 Å². The standard InChI is InChI=1S/C14H22BrN3O/c1-10-13(15)11(2)18(14(19)16-10)9-7-12-6-4-5-8-17(12)3/h12H,4-9H2,1-3H3. The number of hydrogen-bond acceptors (Lipinski definition) is 3. The third-order valence-electron chi connectivity index (χ3n) is 4.14. The summed E-state index contributed by atoms with van der Waals surface area (Å²) in [5.74, 6) is 0. The molecule has 0 aliphatic carbocycles. The highest BCUT2D eigenvalue weighted by Gasteiger charge is 2.19. The zero-order chi connectivity index (χ0) is 14.0. The molecule has 0 amide bonds. The Labute approximate surface area is 123 Å². The average molecular weight is 328 g/mol. The average Bonchev–Trinajstić information content (AvgIpc) is 2.38. The molecule has 5 heteroatoms. The van der Waals surface area contributed by atoms with E-state index in [2.05, 4.69) is 32.9 Å². The van der Waals surface area contributed by atoms with Gasteiger partial charge in [-0.15, -0.1) is 0 Å². The fraction of sp³-hybridized carbons (Fsp3) is 0.714. The van der Waals surface area contributed by atoms with Crippen molar-refractivity contribution in [1.29, 1.82) is 0 Å². The minimum Gasteiger partial charge on any atom is -0.303 e. The van der Waals surface area contributed by atoms with Gasteiger partial charge in [0.05, 0.1) is 10.2 Å². The van der Waals surface area contributed by atoms with Crippen LogP contribution in [0.25, 0.3) is 0 Å². The van der Waals surface area contributed by atoms with E-state index in [0.29, 0.717) is 6.04 Å². The van der Waals surface area contributed by atoms with Crippen LogP contribution in [0.2, 0.25) is 0 Å². The van der Waals surface area contributed by atoms with Gasteiger partial charge in [0.1, 0.15) is 0 Å². The maximum absolute atomic E-state index is 12.0. The number of aromatic nitrogens is 2. The molecule has 106 valence electrons. The number of nitrogens with zero attached hydrogens (tertiary/aromatic N) is 3. The van der Waals surface area contributed by atoms with Gasteiger partial charge >= 0.3 is 5.69 Å². The molecular formula is C14H22BrN3O. The Bertz CT molecular complexity index is 512. The molecule has 1 saturated heterocycles. The molecule has 0 radical (unpaired) electrons. The van der Waals surface area contributed by atoms with Gasteiger partial charge in [-0.05, 0) is 62.6 Å². The van der Waals surface area contributed by atoms with Gasteiger partial charge in [0.15, 0.2) is 0 Å². The SMILES string of the molecule is Cc1nc(=O)n(CCC2CCCCN2C)c(C)c1Br. The van der Waals surface area contributed by atoms with E-state index in [-0.39, 0.29) is 5.69 Å². The molecule has 2 heterocycles. The van der Waals surface area contributed by atoms with Crippen LogP contribution >= 0.6 is 15.9 Å². The lowest BCUT2D eigenvalue weighted by molar-refractivity contribution is 0.170. The number of rotatable bonds is 3. The summed E-state index contributed by atoms with van der Waals surface area (Å²) >= 11 is 3.51. The van der Waals surface area contributed by atoms with E-state index < -0.39 is 0 Å². The van der Waals surface area contributed by atoms with Crippen LogP contribution in [0.1, 0.15) is 37.1 Å². The molecule has 19 heavy (non-hydrogen) atoms. The maximum Gasteiger partial charge on any atom is 0.348 e. The van der Waals surface area contributed by atoms with Gasteiger partial charge in [-0.3, -0.25) is 4.57 Å². The Morgan fingerprint density at radius 2 is 2.11 bits per heavy atom. The normalized spacial score (nSPS) is 20.7. The second kappa shape index (κ2) is 6.18. The molecule has 1 aromatic rings. The summed E-state index contributed by atoms with van der Waals surface area (Å²) < 4.78 is 2.74. The quantitative estimate of drug-likeness (QED) is 0.856. The molecule has 0 N–H and O–H groups in total. The largest absolute Gasteiger partial charge is 0.348 e. The number of hydrogen-bond donors (Lipinski definition) is 0. The number of piperidine rings is 1. The summed E-state index contributed by atoms with van der Waals surface area (Å²) in [7, 11) is 2.18. The molecule has 1 unspecified atom stereocenters.